The molecule has 2 fully saturated rings. The molecule has 0 N–H and O–H groups in total. The van der Waals surface area contributed by atoms with Crippen molar-refractivity contribution in [1.82, 2.24) is 18.9 Å². The normalized spacial score (nSPS) is 21.5. The SMILES string of the molecule is C[C@@H]1COCCN1c1cc(C2(C#N)CC2)c2snc(-c3ccnn3PI)c2n1. The summed E-state index contributed by atoms with van der Waals surface area (Å²) >= 11 is 3.77. The molecule has 1 aliphatic heterocycles. The predicted octanol–water partition coefficient (Wildman–Crippen LogP) is 4.13. The number of hydrogen-bond donors (Lipinski definition) is 0. The van der Waals surface area contributed by atoms with Gasteiger partial charge in [0.05, 0.1) is 47.5 Å². The van der Waals surface area contributed by atoms with Crippen LogP contribution in [0.3, 0.4) is 0 Å². The van der Waals surface area contributed by atoms with Crippen LogP contribution in [0.4, 0.5) is 5.82 Å². The Morgan fingerprint density at radius 1 is 1.46 bits per heavy atom. The molecule has 1 aliphatic carbocycles. The van der Waals surface area contributed by atoms with Crippen molar-refractivity contribution in [2.45, 2.75) is 31.2 Å². The monoisotopic (exact) mass is 524 g/mol. The molecule has 1 unspecified atom stereocenters. The van der Waals surface area contributed by atoms with Gasteiger partial charge in [-0.05, 0) is 71.0 Å². The molecule has 10 heteroatoms. The third kappa shape index (κ3) is 2.93. The summed E-state index contributed by atoms with van der Waals surface area (Å²) in [5, 5.41) is 14.3. The van der Waals surface area contributed by atoms with Crippen LogP contribution in [0.5, 0.6) is 0 Å². The molecule has 5 rings (SSSR count). The molecule has 3 aromatic heterocycles. The van der Waals surface area contributed by atoms with Gasteiger partial charge in [0.2, 0.25) is 0 Å². The van der Waals surface area contributed by atoms with E-state index in [4.69, 9.17) is 14.1 Å². The number of rotatable bonds is 4. The minimum atomic E-state index is -0.388. The van der Waals surface area contributed by atoms with Crippen LogP contribution in [-0.4, -0.2) is 44.7 Å². The van der Waals surface area contributed by atoms with Crippen LogP contribution in [0, 0.1) is 11.3 Å². The minimum Gasteiger partial charge on any atom is -0.377 e. The molecule has 4 heterocycles. The molecule has 0 amide bonds. The first-order chi connectivity index (χ1) is 13.7. The fourth-order valence-corrected chi connectivity index (χ4v) is 6.24. The Kier molecular flexibility index (Phi) is 4.78. The highest BCUT2D eigenvalue weighted by Crippen LogP contribution is 2.52. The predicted molar refractivity (Wildman–Crippen MR) is 121 cm³/mol. The molecule has 0 radical (unpaired) electrons. The number of morpholine rings is 1. The summed E-state index contributed by atoms with van der Waals surface area (Å²) in [4.78, 5) is 7.34. The highest BCUT2D eigenvalue weighted by atomic mass is 127. The van der Waals surface area contributed by atoms with E-state index in [-0.39, 0.29) is 11.5 Å². The highest BCUT2D eigenvalue weighted by molar-refractivity contribution is 14.2. The number of halogens is 1. The molecule has 1 saturated heterocycles. The number of anilines is 1. The molecule has 3 aromatic rings. The van der Waals surface area contributed by atoms with E-state index < -0.39 is 0 Å². The summed E-state index contributed by atoms with van der Waals surface area (Å²) in [5.41, 5.74) is 3.42. The lowest BCUT2D eigenvalue weighted by atomic mass is 9.97. The summed E-state index contributed by atoms with van der Waals surface area (Å²) in [7, 11) is 0. The molecular formula is C18H18IN6OPS. The summed E-state index contributed by atoms with van der Waals surface area (Å²) in [6.45, 7) is 4.34. The van der Waals surface area contributed by atoms with Crippen molar-refractivity contribution < 1.29 is 4.74 Å². The van der Waals surface area contributed by atoms with Gasteiger partial charge in [-0.3, -0.25) is 0 Å². The van der Waals surface area contributed by atoms with E-state index in [0.717, 1.165) is 52.4 Å². The van der Waals surface area contributed by atoms with Crippen LogP contribution in [0.25, 0.3) is 21.6 Å². The molecule has 1 saturated carbocycles. The molecule has 28 heavy (non-hydrogen) atoms. The molecule has 7 nitrogen and oxygen atoms in total. The maximum atomic E-state index is 9.86. The Balaban J connectivity index is 1.73. The fraction of sp³-hybridized carbons (Fsp3) is 0.444. The van der Waals surface area contributed by atoms with Crippen LogP contribution in [0.1, 0.15) is 25.3 Å². The number of fused-ring (bicyclic) bond motifs is 1. The Morgan fingerprint density at radius 2 is 2.32 bits per heavy atom. The van der Waals surface area contributed by atoms with Gasteiger partial charge in [0.1, 0.15) is 17.0 Å². The standard InChI is InChI=1S/C18H18IN6OPS/c1-11-9-26-7-6-24(11)14-8-12(18(10-20)3-4-18)17-16(22-14)15(23-28-17)13-2-5-21-25(13)27-19/h2,5,8,11,27H,3-4,6-7,9H2,1H3/t11-/m1/s1. The van der Waals surface area contributed by atoms with Crippen molar-refractivity contribution in [3.63, 3.8) is 0 Å². The second-order valence-electron chi connectivity index (χ2n) is 7.26. The average Bonchev–Trinajstić information content (AvgIpc) is 3.18. The van der Waals surface area contributed by atoms with Gasteiger partial charge in [-0.25, -0.2) is 9.44 Å². The summed E-state index contributed by atoms with van der Waals surface area (Å²) in [6.07, 6.45) is 4.10. The number of aromatic nitrogens is 4. The van der Waals surface area contributed by atoms with Crippen LogP contribution < -0.4 is 4.90 Å². The Morgan fingerprint density at radius 3 is 3.04 bits per heavy atom. The second-order valence-corrected chi connectivity index (χ2v) is 10.1. The van der Waals surface area contributed by atoms with Gasteiger partial charge in [-0.1, -0.05) is 0 Å². The molecule has 0 bridgehead atoms. The molecule has 0 spiro atoms. The van der Waals surface area contributed by atoms with Crippen molar-refractivity contribution in [1.29, 1.82) is 5.26 Å². The van der Waals surface area contributed by atoms with E-state index in [2.05, 4.69) is 51.1 Å². The smallest absolute Gasteiger partial charge is 0.130 e. The van der Waals surface area contributed by atoms with Gasteiger partial charge in [-0.15, -0.1) is 0 Å². The fourth-order valence-electron chi connectivity index (χ4n) is 3.76. The van der Waals surface area contributed by atoms with Crippen molar-refractivity contribution in [3.05, 3.63) is 23.9 Å². The van der Waals surface area contributed by atoms with E-state index in [1.807, 2.05) is 10.5 Å². The van der Waals surface area contributed by atoms with Gasteiger partial charge in [-0.2, -0.15) is 14.7 Å². The summed E-state index contributed by atoms with van der Waals surface area (Å²) < 4.78 is 13.3. The highest BCUT2D eigenvalue weighted by Gasteiger charge is 2.47. The maximum absolute atomic E-state index is 9.86. The van der Waals surface area contributed by atoms with Gasteiger partial charge < -0.3 is 9.64 Å². The lowest BCUT2D eigenvalue weighted by Crippen LogP contribution is -2.44. The van der Waals surface area contributed by atoms with Gasteiger partial charge >= 0.3 is 0 Å². The van der Waals surface area contributed by atoms with E-state index >= 15 is 0 Å². The Hall–Kier alpha value is -1.34. The largest absolute Gasteiger partial charge is 0.377 e. The lowest BCUT2D eigenvalue weighted by Gasteiger charge is -2.34. The van der Waals surface area contributed by atoms with Crippen LogP contribution >= 0.6 is 39.9 Å². The number of pyridine rings is 1. The van der Waals surface area contributed by atoms with Crippen LogP contribution in [-0.2, 0) is 10.2 Å². The lowest BCUT2D eigenvalue weighted by molar-refractivity contribution is 0.0985. The van der Waals surface area contributed by atoms with Crippen molar-refractivity contribution in [2.75, 3.05) is 24.7 Å². The molecule has 144 valence electrons. The third-order valence-corrected chi connectivity index (χ3v) is 8.28. The average molecular weight is 524 g/mol. The van der Waals surface area contributed by atoms with Gasteiger partial charge in [0.25, 0.3) is 0 Å². The van der Waals surface area contributed by atoms with Crippen LogP contribution in [0.2, 0.25) is 0 Å². The number of ether oxygens (including phenoxy) is 1. The minimum absolute atomic E-state index is 0.250. The first-order valence-electron chi connectivity index (χ1n) is 9.14. The van der Waals surface area contributed by atoms with Crippen molar-refractivity contribution in [3.8, 4) is 17.5 Å². The Labute approximate surface area is 181 Å². The zero-order valence-corrected chi connectivity index (χ0v) is 19.2. The number of nitrogens with zero attached hydrogens (tertiary/aromatic N) is 6. The van der Waals surface area contributed by atoms with Gasteiger partial charge in [0, 0.05) is 12.7 Å². The molecule has 2 atom stereocenters. The van der Waals surface area contributed by atoms with E-state index in [1.54, 1.807) is 6.20 Å². The molecular weight excluding hydrogens is 506 g/mol. The topological polar surface area (TPSA) is 79.9 Å². The first kappa shape index (κ1) is 18.7. The van der Waals surface area contributed by atoms with Crippen molar-refractivity contribution >= 4 is 56.0 Å². The molecule has 2 aliphatic rings. The zero-order chi connectivity index (χ0) is 19.3. The van der Waals surface area contributed by atoms with E-state index in [9.17, 15) is 5.26 Å². The quantitative estimate of drug-likeness (QED) is 0.378. The third-order valence-electron chi connectivity index (χ3n) is 5.52. The first-order valence-corrected chi connectivity index (χ1v) is 14.0. The Bertz CT molecular complexity index is 1090. The van der Waals surface area contributed by atoms with Crippen LogP contribution in [0.15, 0.2) is 18.3 Å². The molecule has 0 aromatic carbocycles. The summed E-state index contributed by atoms with van der Waals surface area (Å²) in [6, 6.07) is 6.92. The number of hydrogen-bond acceptors (Lipinski definition) is 7. The van der Waals surface area contributed by atoms with E-state index in [1.165, 1.54) is 11.5 Å². The van der Waals surface area contributed by atoms with E-state index in [0.29, 0.717) is 19.6 Å². The zero-order valence-electron chi connectivity index (χ0n) is 15.2. The van der Waals surface area contributed by atoms with Gasteiger partial charge in [0.15, 0.2) is 0 Å². The summed E-state index contributed by atoms with van der Waals surface area (Å²) in [5.74, 6) is 0.921. The number of nitriles is 1. The van der Waals surface area contributed by atoms with Crippen molar-refractivity contribution in [2.24, 2.45) is 0 Å². The maximum Gasteiger partial charge on any atom is 0.130 e. The second kappa shape index (κ2) is 7.17.